The molecule has 0 radical (unpaired) electrons. The van der Waals surface area contributed by atoms with E-state index in [1.807, 2.05) is 6.92 Å². The largest absolute Gasteiger partial charge is 0.388 e. The van der Waals surface area contributed by atoms with Crippen molar-refractivity contribution in [2.45, 2.75) is 19.1 Å². The van der Waals surface area contributed by atoms with E-state index in [4.69, 9.17) is 5.73 Å². The molecule has 0 aromatic carbocycles. The lowest BCUT2D eigenvalue weighted by Gasteiger charge is -2.43. The molecule has 1 fully saturated rings. The van der Waals surface area contributed by atoms with E-state index >= 15 is 0 Å². The third-order valence-corrected chi connectivity index (χ3v) is 2.24. The van der Waals surface area contributed by atoms with Gasteiger partial charge in [0.1, 0.15) is 5.82 Å². The van der Waals surface area contributed by atoms with E-state index in [-0.39, 0.29) is 0 Å². The number of likely N-dealkylation sites (tertiary alicyclic amines) is 1. The number of rotatable bonds is 2. The highest BCUT2D eigenvalue weighted by Gasteiger charge is 2.36. The van der Waals surface area contributed by atoms with Crippen molar-refractivity contribution in [2.24, 2.45) is 0 Å². The number of hydrogen-bond donors (Lipinski definition) is 2. The number of aliphatic hydroxyl groups is 1. The summed E-state index contributed by atoms with van der Waals surface area (Å²) in [5.74, 6) is 0.435. The highest BCUT2D eigenvalue weighted by Crippen LogP contribution is 2.21. The molecule has 5 nitrogen and oxygen atoms in total. The first-order chi connectivity index (χ1) is 6.55. The summed E-state index contributed by atoms with van der Waals surface area (Å²) < 4.78 is 0. The maximum absolute atomic E-state index is 9.51. The van der Waals surface area contributed by atoms with Gasteiger partial charge in [0.15, 0.2) is 0 Å². The smallest absolute Gasteiger partial charge is 0.141 e. The fourth-order valence-corrected chi connectivity index (χ4v) is 1.70. The van der Waals surface area contributed by atoms with E-state index in [0.717, 1.165) is 12.2 Å². The van der Waals surface area contributed by atoms with Crippen molar-refractivity contribution in [1.29, 1.82) is 0 Å². The molecule has 14 heavy (non-hydrogen) atoms. The second-order valence-corrected chi connectivity index (χ2v) is 4.07. The van der Waals surface area contributed by atoms with Gasteiger partial charge in [-0.15, -0.1) is 0 Å². The average molecular weight is 194 g/mol. The van der Waals surface area contributed by atoms with E-state index in [9.17, 15) is 5.11 Å². The molecule has 0 aliphatic carbocycles. The van der Waals surface area contributed by atoms with Gasteiger partial charge in [-0.3, -0.25) is 9.88 Å². The summed E-state index contributed by atoms with van der Waals surface area (Å²) in [6.45, 7) is 3.94. The van der Waals surface area contributed by atoms with Crippen LogP contribution in [0.25, 0.3) is 0 Å². The Labute approximate surface area is 82.6 Å². The normalized spacial score (nSPS) is 20.4. The average Bonchev–Trinajstić information content (AvgIpc) is 2.06. The van der Waals surface area contributed by atoms with Crippen LogP contribution in [-0.2, 0) is 6.54 Å². The van der Waals surface area contributed by atoms with Gasteiger partial charge < -0.3 is 10.8 Å². The quantitative estimate of drug-likeness (QED) is 0.671. The van der Waals surface area contributed by atoms with E-state index in [1.165, 1.54) is 0 Å². The van der Waals surface area contributed by atoms with Crippen molar-refractivity contribution in [2.75, 3.05) is 18.8 Å². The molecule has 76 valence electrons. The fraction of sp³-hybridized carbons (Fsp3) is 0.556. The van der Waals surface area contributed by atoms with Gasteiger partial charge in [-0.25, -0.2) is 4.98 Å². The maximum atomic E-state index is 9.51. The molecule has 5 heteroatoms. The number of anilines is 1. The molecule has 1 saturated heterocycles. The number of aromatic nitrogens is 2. The van der Waals surface area contributed by atoms with Crippen LogP contribution >= 0.6 is 0 Å². The molecule has 0 atom stereocenters. The molecule has 3 N–H and O–H groups in total. The van der Waals surface area contributed by atoms with Gasteiger partial charge in [0, 0.05) is 19.6 Å². The predicted molar refractivity (Wildman–Crippen MR) is 52.3 cm³/mol. The van der Waals surface area contributed by atoms with Crippen LogP contribution < -0.4 is 5.73 Å². The molecule has 1 aromatic rings. The molecule has 2 heterocycles. The zero-order valence-electron chi connectivity index (χ0n) is 8.14. The summed E-state index contributed by atoms with van der Waals surface area (Å²) >= 11 is 0. The number of nitrogens with two attached hydrogens (primary N) is 1. The maximum Gasteiger partial charge on any atom is 0.141 e. The van der Waals surface area contributed by atoms with Crippen LogP contribution in [0.2, 0.25) is 0 Å². The monoisotopic (exact) mass is 194 g/mol. The Morgan fingerprint density at radius 1 is 1.50 bits per heavy atom. The predicted octanol–water partition coefficient (Wildman–Crippen LogP) is -0.375. The van der Waals surface area contributed by atoms with Crippen molar-refractivity contribution in [3.05, 3.63) is 18.1 Å². The Balaban J connectivity index is 1.90. The second kappa shape index (κ2) is 3.18. The highest BCUT2D eigenvalue weighted by molar-refractivity contribution is 5.22. The minimum atomic E-state index is -0.527. The fourth-order valence-electron chi connectivity index (χ4n) is 1.70. The molecule has 1 aliphatic heterocycles. The third kappa shape index (κ3) is 2.00. The van der Waals surface area contributed by atoms with E-state index < -0.39 is 5.60 Å². The molecule has 1 aromatic heterocycles. The van der Waals surface area contributed by atoms with Gasteiger partial charge >= 0.3 is 0 Å². The van der Waals surface area contributed by atoms with Gasteiger partial charge in [0.25, 0.3) is 0 Å². The van der Waals surface area contributed by atoms with Crippen LogP contribution in [0.3, 0.4) is 0 Å². The molecule has 2 rings (SSSR count). The molecular weight excluding hydrogens is 180 g/mol. The first-order valence-corrected chi connectivity index (χ1v) is 4.56. The molecule has 1 aliphatic rings. The Morgan fingerprint density at radius 3 is 2.71 bits per heavy atom. The van der Waals surface area contributed by atoms with Gasteiger partial charge in [-0.1, -0.05) is 0 Å². The lowest BCUT2D eigenvalue weighted by Crippen LogP contribution is -2.59. The minimum Gasteiger partial charge on any atom is -0.388 e. The lowest BCUT2D eigenvalue weighted by atomic mass is 9.97. The van der Waals surface area contributed by atoms with Crippen molar-refractivity contribution < 1.29 is 5.11 Å². The summed E-state index contributed by atoms with van der Waals surface area (Å²) in [7, 11) is 0. The minimum absolute atomic E-state index is 0.435. The third-order valence-electron chi connectivity index (χ3n) is 2.24. The van der Waals surface area contributed by atoms with Gasteiger partial charge in [0.05, 0.1) is 23.7 Å². The molecule has 0 spiro atoms. The van der Waals surface area contributed by atoms with Gasteiger partial charge in [0.2, 0.25) is 0 Å². The molecule has 0 bridgehead atoms. The van der Waals surface area contributed by atoms with E-state index in [2.05, 4.69) is 14.9 Å². The number of hydrogen-bond acceptors (Lipinski definition) is 5. The highest BCUT2D eigenvalue weighted by atomic mass is 16.3. The van der Waals surface area contributed by atoms with Crippen LogP contribution in [0.4, 0.5) is 5.82 Å². The first-order valence-electron chi connectivity index (χ1n) is 4.56. The standard InChI is InChI=1S/C9H14N4O/c1-9(14)5-13(6-9)4-7-2-12-8(10)3-11-7/h2-3,14H,4-6H2,1H3,(H2,10,12). The summed E-state index contributed by atoms with van der Waals surface area (Å²) in [5.41, 5.74) is 5.78. The van der Waals surface area contributed by atoms with Crippen LogP contribution in [0.5, 0.6) is 0 Å². The topological polar surface area (TPSA) is 75.3 Å². The zero-order chi connectivity index (χ0) is 10.2. The van der Waals surface area contributed by atoms with Crippen LogP contribution in [0.15, 0.2) is 12.4 Å². The number of β-amino-alcohol motifs (C(OH)–C–C–N with tert-alkyl or cyclic N) is 1. The van der Waals surface area contributed by atoms with Crippen molar-refractivity contribution in [3.63, 3.8) is 0 Å². The van der Waals surface area contributed by atoms with Crippen molar-refractivity contribution >= 4 is 5.82 Å². The summed E-state index contributed by atoms with van der Waals surface area (Å²) in [6, 6.07) is 0. The van der Waals surface area contributed by atoms with Crippen LogP contribution in [0.1, 0.15) is 12.6 Å². The Bertz CT molecular complexity index is 314. The Kier molecular flexibility index (Phi) is 2.13. The SMILES string of the molecule is CC1(O)CN(Cc2cnc(N)cn2)C1. The first kappa shape index (κ1) is 9.36. The van der Waals surface area contributed by atoms with Crippen molar-refractivity contribution in [3.8, 4) is 0 Å². The summed E-state index contributed by atoms with van der Waals surface area (Å²) in [4.78, 5) is 10.2. The number of nitrogens with zero attached hydrogens (tertiary/aromatic N) is 3. The summed E-state index contributed by atoms with van der Waals surface area (Å²) in [5, 5.41) is 9.51. The van der Waals surface area contributed by atoms with E-state index in [1.54, 1.807) is 12.4 Å². The van der Waals surface area contributed by atoms with E-state index in [0.29, 0.717) is 18.9 Å². The molecule has 0 amide bonds. The van der Waals surface area contributed by atoms with Crippen LogP contribution in [0, 0.1) is 0 Å². The Morgan fingerprint density at radius 2 is 2.21 bits per heavy atom. The van der Waals surface area contributed by atoms with Gasteiger partial charge in [-0.2, -0.15) is 0 Å². The second-order valence-electron chi connectivity index (χ2n) is 4.07. The summed E-state index contributed by atoms with van der Waals surface area (Å²) in [6.07, 6.45) is 3.22. The van der Waals surface area contributed by atoms with Gasteiger partial charge in [-0.05, 0) is 6.92 Å². The molecular formula is C9H14N4O. The zero-order valence-corrected chi connectivity index (χ0v) is 8.14. The number of nitrogen functional groups attached to an aromatic ring is 1. The molecule has 0 unspecified atom stereocenters. The molecule has 0 saturated carbocycles. The lowest BCUT2D eigenvalue weighted by molar-refractivity contribution is -0.0875. The van der Waals surface area contributed by atoms with Crippen LogP contribution in [-0.4, -0.2) is 38.7 Å². The van der Waals surface area contributed by atoms with Crippen molar-refractivity contribution in [1.82, 2.24) is 14.9 Å². The Hall–Kier alpha value is -1.20.